The van der Waals surface area contributed by atoms with Gasteiger partial charge in [0.2, 0.25) is 0 Å². The second-order valence-corrected chi connectivity index (χ2v) is 7.66. The Balaban J connectivity index is 1.95. The van der Waals surface area contributed by atoms with E-state index in [0.717, 1.165) is 23.2 Å². The molecule has 24 heavy (non-hydrogen) atoms. The molecule has 0 bridgehead atoms. The van der Waals surface area contributed by atoms with Crippen LogP contribution in [0.5, 0.6) is 5.75 Å². The van der Waals surface area contributed by atoms with Crippen LogP contribution < -0.4 is 4.74 Å². The molecule has 1 aromatic carbocycles. The van der Waals surface area contributed by atoms with Crippen molar-refractivity contribution in [1.82, 2.24) is 10.2 Å². The van der Waals surface area contributed by atoms with E-state index in [2.05, 4.69) is 10.2 Å². The maximum atomic E-state index is 12.7. The van der Waals surface area contributed by atoms with E-state index < -0.39 is 5.92 Å². The number of ether oxygens (including phenoxy) is 1. The van der Waals surface area contributed by atoms with Gasteiger partial charge in [0.25, 0.3) is 0 Å². The van der Waals surface area contributed by atoms with Crippen molar-refractivity contribution in [3.05, 3.63) is 43.7 Å². The Morgan fingerprint density at radius 2 is 2.21 bits per heavy atom. The van der Waals surface area contributed by atoms with Crippen LogP contribution in [0.4, 0.5) is 0 Å². The van der Waals surface area contributed by atoms with E-state index in [1.807, 2.05) is 6.92 Å². The van der Waals surface area contributed by atoms with Crippen molar-refractivity contribution < 1.29 is 9.53 Å². The Morgan fingerprint density at radius 1 is 1.42 bits per heavy atom. The minimum absolute atomic E-state index is 0.133. The Hall–Kier alpha value is -1.70. The van der Waals surface area contributed by atoms with Gasteiger partial charge in [-0.05, 0) is 30.7 Å². The van der Waals surface area contributed by atoms with Gasteiger partial charge in [-0.15, -0.1) is 21.5 Å². The third-order valence-corrected chi connectivity index (χ3v) is 5.86. The van der Waals surface area contributed by atoms with E-state index in [4.69, 9.17) is 21.7 Å². The largest absolute Gasteiger partial charge is 0.496 e. The zero-order valence-electron chi connectivity index (χ0n) is 13.0. The van der Waals surface area contributed by atoms with E-state index in [1.165, 1.54) is 11.3 Å². The molecule has 1 atom stereocenters. The second-order valence-electron chi connectivity index (χ2n) is 5.05. The number of aromatic nitrogens is 2. The maximum Gasteiger partial charge on any atom is 0.186 e. The average Bonchev–Trinajstić information content (AvgIpc) is 3.12. The van der Waals surface area contributed by atoms with E-state index in [9.17, 15) is 4.79 Å². The molecule has 1 aliphatic heterocycles. The fraction of sp³-hybridized carbons (Fsp3) is 0.250. The number of nitrogens with one attached hydrogen (secondary N) is 1. The summed E-state index contributed by atoms with van der Waals surface area (Å²) in [6.45, 7) is 1.98. The number of rotatable bonds is 4. The van der Waals surface area contributed by atoms with Crippen LogP contribution in [0.3, 0.4) is 0 Å². The van der Waals surface area contributed by atoms with Crippen LogP contribution in [-0.2, 0) is 11.2 Å². The number of methoxy groups -OCH3 is 1. The normalized spacial score (nSPS) is 19.3. The van der Waals surface area contributed by atoms with Gasteiger partial charge in [-0.3, -0.25) is 10.2 Å². The summed E-state index contributed by atoms with van der Waals surface area (Å²) in [4.78, 5) is 13.2. The molecule has 124 valence electrons. The molecule has 0 radical (unpaired) electrons. The van der Waals surface area contributed by atoms with Gasteiger partial charge in [0.05, 0.1) is 17.1 Å². The van der Waals surface area contributed by atoms with Crippen molar-refractivity contribution in [2.24, 2.45) is 0 Å². The molecule has 5 nitrogen and oxygen atoms in total. The van der Waals surface area contributed by atoms with Gasteiger partial charge in [-0.1, -0.05) is 30.3 Å². The summed E-state index contributed by atoms with van der Waals surface area (Å²) in [7, 11) is 1.56. The number of aryl methyl sites for hydroxylation is 1. The topological polar surface area (TPSA) is 75.9 Å². The molecular weight excluding hydrogens is 366 g/mol. The number of thioether (sulfide) groups is 1. The highest BCUT2D eigenvalue weighted by molar-refractivity contribution is 8.19. The Morgan fingerprint density at radius 3 is 2.88 bits per heavy atom. The minimum Gasteiger partial charge on any atom is -0.496 e. The second kappa shape index (κ2) is 7.04. The molecule has 2 heterocycles. The smallest absolute Gasteiger partial charge is 0.186 e. The van der Waals surface area contributed by atoms with E-state index in [1.54, 1.807) is 31.4 Å². The van der Waals surface area contributed by atoms with Crippen molar-refractivity contribution in [1.29, 1.82) is 5.41 Å². The highest BCUT2D eigenvalue weighted by Crippen LogP contribution is 2.42. The van der Waals surface area contributed by atoms with E-state index >= 15 is 0 Å². The van der Waals surface area contributed by atoms with Crippen LogP contribution in [0.15, 0.2) is 23.1 Å². The van der Waals surface area contributed by atoms with Gasteiger partial charge in [-0.25, -0.2) is 0 Å². The molecule has 0 amide bonds. The van der Waals surface area contributed by atoms with Gasteiger partial charge in [0.15, 0.2) is 5.78 Å². The van der Waals surface area contributed by atoms with Crippen molar-refractivity contribution >= 4 is 51.6 Å². The highest BCUT2D eigenvalue weighted by Gasteiger charge is 2.39. The lowest BCUT2D eigenvalue weighted by Gasteiger charge is -2.05. The van der Waals surface area contributed by atoms with Crippen LogP contribution in [0, 0.1) is 5.41 Å². The monoisotopic (exact) mass is 379 g/mol. The summed E-state index contributed by atoms with van der Waals surface area (Å²) in [5.74, 6) is -0.158. The number of benzene rings is 1. The van der Waals surface area contributed by atoms with Crippen molar-refractivity contribution in [3.63, 3.8) is 0 Å². The number of ketones is 1. The molecule has 2 aromatic rings. The Kier molecular flexibility index (Phi) is 5.03. The number of Topliss-reactive ketones (excluding diaryl/α,β-unsaturated/α-hetero) is 1. The van der Waals surface area contributed by atoms with Gasteiger partial charge < -0.3 is 4.74 Å². The lowest BCUT2D eigenvalue weighted by Crippen LogP contribution is -2.11. The predicted molar refractivity (Wildman–Crippen MR) is 98.3 cm³/mol. The molecular formula is C16H14ClN3O2S2. The quantitative estimate of drug-likeness (QED) is 0.806. The molecule has 1 aromatic heterocycles. The summed E-state index contributed by atoms with van der Waals surface area (Å²) >= 11 is 8.57. The fourth-order valence-electron chi connectivity index (χ4n) is 2.30. The van der Waals surface area contributed by atoms with E-state index in [0.29, 0.717) is 26.2 Å². The van der Waals surface area contributed by atoms with Gasteiger partial charge >= 0.3 is 0 Å². The van der Waals surface area contributed by atoms with Crippen LogP contribution >= 0.6 is 34.7 Å². The molecule has 0 aliphatic carbocycles. The van der Waals surface area contributed by atoms with E-state index in [-0.39, 0.29) is 10.8 Å². The zero-order chi connectivity index (χ0) is 17.3. The average molecular weight is 380 g/mol. The molecule has 1 aliphatic rings. The van der Waals surface area contributed by atoms with Crippen molar-refractivity contribution in [2.45, 2.75) is 19.3 Å². The zero-order valence-corrected chi connectivity index (χ0v) is 15.4. The Labute approximate surface area is 152 Å². The number of hydrogen-bond acceptors (Lipinski definition) is 7. The summed E-state index contributed by atoms with van der Waals surface area (Å²) in [6, 6.07) is 5.21. The first-order chi connectivity index (χ1) is 11.5. The first kappa shape index (κ1) is 17.1. The van der Waals surface area contributed by atoms with Gasteiger partial charge in [0.1, 0.15) is 21.7 Å². The third-order valence-electron chi connectivity index (χ3n) is 3.50. The molecule has 0 saturated carbocycles. The number of carbonyl (C=O) groups is 1. The number of allylic oxidation sites excluding steroid dienone is 1. The van der Waals surface area contributed by atoms with Crippen LogP contribution in [0.25, 0.3) is 6.08 Å². The van der Waals surface area contributed by atoms with Crippen LogP contribution in [-0.4, -0.2) is 28.1 Å². The minimum atomic E-state index is -0.649. The number of halogens is 1. The fourth-order valence-corrected chi connectivity index (χ4v) is 4.42. The number of hydrogen-bond donors (Lipinski definition) is 1. The summed E-state index contributed by atoms with van der Waals surface area (Å²) in [6.07, 6.45) is 2.48. The SMILES string of the molecule is CCc1nnc([C@H]2C(=N)S/C(=C\c3cc(Cl)ccc3OC)C2=O)s1. The first-order valence-electron chi connectivity index (χ1n) is 7.21. The van der Waals surface area contributed by atoms with Crippen LogP contribution in [0.2, 0.25) is 5.02 Å². The predicted octanol–water partition coefficient (Wildman–Crippen LogP) is 4.18. The molecule has 0 spiro atoms. The first-order valence-corrected chi connectivity index (χ1v) is 9.22. The molecule has 3 rings (SSSR count). The summed E-state index contributed by atoms with van der Waals surface area (Å²) in [5.41, 5.74) is 0.709. The molecule has 0 unspecified atom stereocenters. The molecule has 1 N–H and O–H groups in total. The summed E-state index contributed by atoms with van der Waals surface area (Å²) < 4.78 is 5.30. The lowest BCUT2D eigenvalue weighted by atomic mass is 10.0. The van der Waals surface area contributed by atoms with Crippen molar-refractivity contribution in [2.75, 3.05) is 7.11 Å². The summed E-state index contributed by atoms with van der Waals surface area (Å²) in [5, 5.41) is 18.6. The third kappa shape index (κ3) is 3.24. The number of nitrogens with zero attached hydrogens (tertiary/aromatic N) is 2. The standard InChI is InChI=1S/C16H14ClN3O2S2/c1-3-12-19-20-16(24-12)13-14(21)11(23-15(13)18)7-8-6-9(17)4-5-10(8)22-2/h4-7,13,18H,3H2,1-2H3/b11-7-,18-15?/t13-/m1/s1. The molecule has 1 fully saturated rings. The maximum absolute atomic E-state index is 12.7. The van der Waals surface area contributed by atoms with Gasteiger partial charge in [0, 0.05) is 10.6 Å². The van der Waals surface area contributed by atoms with Crippen molar-refractivity contribution in [3.8, 4) is 5.75 Å². The van der Waals surface area contributed by atoms with Crippen LogP contribution in [0.1, 0.15) is 28.4 Å². The van der Waals surface area contributed by atoms with Gasteiger partial charge in [-0.2, -0.15) is 0 Å². The molecule has 1 saturated heterocycles. The number of carbonyl (C=O) groups excluding carboxylic acids is 1. The molecule has 8 heteroatoms. The highest BCUT2D eigenvalue weighted by atomic mass is 35.5. The Bertz CT molecular complexity index is 848. The lowest BCUT2D eigenvalue weighted by molar-refractivity contribution is -0.114.